The largest absolute Gasteiger partial charge is 0.483 e. The molecule has 1 aliphatic carbocycles. The van der Waals surface area contributed by atoms with Crippen molar-refractivity contribution in [2.45, 2.75) is 51.3 Å². The number of amides is 1. The summed E-state index contributed by atoms with van der Waals surface area (Å²) in [6.07, 6.45) is 6.09. The predicted molar refractivity (Wildman–Crippen MR) is 110 cm³/mol. The van der Waals surface area contributed by atoms with E-state index in [1.54, 1.807) is 19.4 Å². The number of aromatic amines is 1. The van der Waals surface area contributed by atoms with E-state index in [9.17, 15) is 4.79 Å². The van der Waals surface area contributed by atoms with Crippen molar-refractivity contribution in [1.29, 1.82) is 0 Å². The van der Waals surface area contributed by atoms with Gasteiger partial charge >= 0.3 is 0 Å². The zero-order valence-electron chi connectivity index (χ0n) is 17.7. The molecule has 12 nitrogen and oxygen atoms in total. The molecule has 1 saturated carbocycles. The number of hydrogen-bond donors (Lipinski definition) is 4. The van der Waals surface area contributed by atoms with Crippen LogP contribution in [0.15, 0.2) is 18.6 Å². The normalized spacial score (nSPS) is 20.1. The Morgan fingerprint density at radius 3 is 2.87 bits per heavy atom. The van der Waals surface area contributed by atoms with Gasteiger partial charge in [0.1, 0.15) is 12.2 Å². The highest BCUT2D eigenvalue weighted by Crippen LogP contribution is 2.29. The lowest BCUT2D eigenvalue weighted by molar-refractivity contribution is -0.128. The molecule has 0 spiro atoms. The van der Waals surface area contributed by atoms with Crippen LogP contribution in [0.25, 0.3) is 0 Å². The Kier molecular flexibility index (Phi) is 10.1. The lowest BCUT2D eigenvalue weighted by Gasteiger charge is -2.35. The van der Waals surface area contributed by atoms with E-state index in [1.165, 1.54) is 6.33 Å². The van der Waals surface area contributed by atoms with Crippen LogP contribution < -0.4 is 15.4 Å². The third kappa shape index (κ3) is 7.81. The van der Waals surface area contributed by atoms with E-state index in [0.717, 1.165) is 19.3 Å². The van der Waals surface area contributed by atoms with Gasteiger partial charge < -0.3 is 25.2 Å². The minimum atomic E-state index is -0.250. The number of ether oxygens (including phenoxy) is 2. The molecule has 0 saturated heterocycles. The summed E-state index contributed by atoms with van der Waals surface area (Å²) in [4.78, 5) is 33.5. The number of H-pyrrole nitrogens is 1. The molecule has 1 fully saturated rings. The molecule has 2 heterocycles. The number of rotatable bonds is 9. The summed E-state index contributed by atoms with van der Waals surface area (Å²) in [5.41, 5.74) is 0. The molecule has 2 aromatic heterocycles. The molecule has 3 atom stereocenters. The zero-order chi connectivity index (χ0) is 22.5. The van der Waals surface area contributed by atoms with Gasteiger partial charge in [0.2, 0.25) is 17.7 Å². The fraction of sp³-hybridized carbons (Fsp3) is 0.579. The Bertz CT molecular complexity index is 790. The maximum absolute atomic E-state index is 12.6. The van der Waals surface area contributed by atoms with Crippen molar-refractivity contribution in [3.63, 3.8) is 0 Å². The summed E-state index contributed by atoms with van der Waals surface area (Å²) < 4.78 is 11.2. The molecular formula is C19H29N7O5. The van der Waals surface area contributed by atoms with Crippen molar-refractivity contribution in [2.24, 2.45) is 5.92 Å². The third-order valence-corrected chi connectivity index (χ3v) is 4.75. The van der Waals surface area contributed by atoms with Crippen LogP contribution in [0.4, 0.5) is 5.95 Å². The summed E-state index contributed by atoms with van der Waals surface area (Å²) in [5, 5.41) is 19.7. The lowest BCUT2D eigenvalue weighted by Crippen LogP contribution is -2.45. The second-order valence-corrected chi connectivity index (χ2v) is 6.85. The molecule has 0 unspecified atom stereocenters. The number of carboxylic acid groups (broad SMARTS) is 1. The Hall–Kier alpha value is -3.28. The summed E-state index contributed by atoms with van der Waals surface area (Å²) in [7, 11) is 1.57. The van der Waals surface area contributed by atoms with Gasteiger partial charge in [-0.3, -0.25) is 14.7 Å². The first kappa shape index (κ1) is 24.0. The van der Waals surface area contributed by atoms with E-state index in [-0.39, 0.29) is 30.4 Å². The van der Waals surface area contributed by atoms with Crippen LogP contribution >= 0.6 is 0 Å². The zero-order valence-corrected chi connectivity index (χ0v) is 17.7. The third-order valence-electron chi connectivity index (χ3n) is 4.75. The van der Waals surface area contributed by atoms with Crippen molar-refractivity contribution in [1.82, 2.24) is 30.5 Å². The minimum Gasteiger partial charge on any atom is -0.483 e. The van der Waals surface area contributed by atoms with E-state index in [1.807, 2.05) is 0 Å². The lowest BCUT2D eigenvalue weighted by atomic mass is 9.83. The number of aromatic nitrogens is 5. The highest BCUT2D eigenvalue weighted by Gasteiger charge is 2.35. The molecule has 1 amide bonds. The van der Waals surface area contributed by atoms with Crippen LogP contribution in [0.5, 0.6) is 5.88 Å². The molecule has 4 N–H and O–H groups in total. The van der Waals surface area contributed by atoms with E-state index >= 15 is 0 Å². The van der Waals surface area contributed by atoms with E-state index in [4.69, 9.17) is 19.4 Å². The van der Waals surface area contributed by atoms with Gasteiger partial charge in [-0.05, 0) is 25.7 Å². The van der Waals surface area contributed by atoms with Gasteiger partial charge in [-0.2, -0.15) is 10.1 Å². The second-order valence-electron chi connectivity index (χ2n) is 6.85. The smallest absolute Gasteiger partial charge is 0.290 e. The van der Waals surface area contributed by atoms with Crippen molar-refractivity contribution in [3.05, 3.63) is 24.4 Å². The number of anilines is 1. The van der Waals surface area contributed by atoms with Crippen molar-refractivity contribution in [2.75, 3.05) is 19.0 Å². The Balaban J connectivity index is 0.00000107. The fourth-order valence-corrected chi connectivity index (χ4v) is 3.31. The van der Waals surface area contributed by atoms with Crippen LogP contribution in [0.1, 0.15) is 38.4 Å². The van der Waals surface area contributed by atoms with E-state index in [0.29, 0.717) is 37.2 Å². The topological polar surface area (TPSA) is 164 Å². The number of nitrogens with one attached hydrogen (secondary N) is 3. The van der Waals surface area contributed by atoms with Crippen molar-refractivity contribution in [3.8, 4) is 5.88 Å². The van der Waals surface area contributed by atoms with Gasteiger partial charge in [0.05, 0.1) is 25.8 Å². The van der Waals surface area contributed by atoms with Crippen LogP contribution in [-0.2, 0) is 20.9 Å². The number of hydrogen-bond acceptors (Lipinski definition) is 9. The first-order valence-corrected chi connectivity index (χ1v) is 10.1. The first-order chi connectivity index (χ1) is 15.1. The average Bonchev–Trinajstić information content (AvgIpc) is 3.31. The number of carbonyl (C=O) groups excluding carboxylic acids is 1. The molecular weight excluding hydrogens is 406 g/mol. The second kappa shape index (κ2) is 13.1. The van der Waals surface area contributed by atoms with Crippen LogP contribution in [0, 0.1) is 5.92 Å². The fourth-order valence-electron chi connectivity index (χ4n) is 3.31. The Labute approximate surface area is 180 Å². The number of nitrogens with zero attached hydrogens (tertiary/aromatic N) is 4. The van der Waals surface area contributed by atoms with Crippen molar-refractivity contribution >= 4 is 18.3 Å². The molecule has 3 rings (SSSR count). The number of methoxy groups -OCH3 is 1. The van der Waals surface area contributed by atoms with Crippen molar-refractivity contribution < 1.29 is 24.2 Å². The Morgan fingerprint density at radius 2 is 2.19 bits per heavy atom. The van der Waals surface area contributed by atoms with Gasteiger partial charge in [0.15, 0.2) is 0 Å². The predicted octanol–water partition coefficient (Wildman–Crippen LogP) is 0.996. The Morgan fingerprint density at radius 1 is 1.39 bits per heavy atom. The maximum atomic E-state index is 12.6. The van der Waals surface area contributed by atoms with E-state index in [2.05, 4.69) is 42.7 Å². The summed E-state index contributed by atoms with van der Waals surface area (Å²) >= 11 is 0. The minimum absolute atomic E-state index is 0.0116. The molecule has 0 bridgehead atoms. The summed E-state index contributed by atoms with van der Waals surface area (Å²) in [6.45, 7) is 2.81. The molecule has 0 aliphatic heterocycles. The molecule has 12 heteroatoms. The van der Waals surface area contributed by atoms with Crippen LogP contribution in [0.3, 0.4) is 0 Å². The highest BCUT2D eigenvalue weighted by atomic mass is 16.5. The summed E-state index contributed by atoms with van der Waals surface area (Å²) in [6, 6.07) is 1.74. The summed E-state index contributed by atoms with van der Waals surface area (Å²) in [5.74, 6) is 1.55. The molecule has 0 radical (unpaired) electrons. The van der Waals surface area contributed by atoms with Gasteiger partial charge in [0, 0.05) is 24.8 Å². The molecule has 2 aromatic rings. The van der Waals surface area contributed by atoms with Gasteiger partial charge in [0.25, 0.3) is 6.47 Å². The van der Waals surface area contributed by atoms with Crippen LogP contribution in [-0.4, -0.2) is 68.5 Å². The SMILES string of the molecule is CCCO[C@H]1C[C@@H](C(=O)NCc2ncn[nH]2)CC[C@@H]1Nc1nccc(OC)n1.O=CO. The molecule has 31 heavy (non-hydrogen) atoms. The first-order valence-electron chi connectivity index (χ1n) is 10.1. The highest BCUT2D eigenvalue weighted by molar-refractivity contribution is 5.78. The number of carbonyl (C=O) groups is 2. The van der Waals surface area contributed by atoms with Gasteiger partial charge in [-0.1, -0.05) is 6.92 Å². The molecule has 1 aliphatic rings. The molecule has 170 valence electrons. The maximum Gasteiger partial charge on any atom is 0.290 e. The van der Waals surface area contributed by atoms with E-state index < -0.39 is 0 Å². The average molecular weight is 435 g/mol. The van der Waals surface area contributed by atoms with Gasteiger partial charge in [-0.15, -0.1) is 0 Å². The molecule has 0 aromatic carbocycles. The van der Waals surface area contributed by atoms with Crippen LogP contribution in [0.2, 0.25) is 0 Å². The quantitative estimate of drug-likeness (QED) is 0.418. The van der Waals surface area contributed by atoms with Gasteiger partial charge in [-0.25, -0.2) is 9.97 Å². The standard InChI is InChI=1S/C18H27N7O3.CH2O2/c1-3-8-28-14-9-12(17(26)20-10-15-21-11-22-25-15)4-5-13(14)23-18-19-7-6-16(24-18)27-2;2-1-3/h6-7,11-14H,3-5,8-10H2,1-2H3,(H,20,26)(H,19,23,24)(H,21,22,25);1H,(H,2,3)/t12-,13-,14-;/m0./s1. The monoisotopic (exact) mass is 435 g/mol.